The molecule has 0 bridgehead atoms. The van der Waals surface area contributed by atoms with Gasteiger partial charge in [-0.3, -0.25) is 4.79 Å². The van der Waals surface area contributed by atoms with Gasteiger partial charge in [0.05, 0.1) is 17.3 Å². The lowest BCUT2D eigenvalue weighted by Gasteiger charge is -2.01. The minimum Gasteiger partial charge on any atom is -0.300 e. The van der Waals surface area contributed by atoms with E-state index in [4.69, 9.17) is 0 Å². The summed E-state index contributed by atoms with van der Waals surface area (Å²) < 4.78 is 43.7. The lowest BCUT2D eigenvalue weighted by molar-refractivity contribution is -0.116. The van der Waals surface area contributed by atoms with Crippen molar-refractivity contribution in [2.24, 2.45) is 0 Å². The van der Waals surface area contributed by atoms with E-state index in [0.29, 0.717) is 0 Å². The number of hydrogen-bond acceptors (Lipinski definition) is 5. The Morgan fingerprint density at radius 1 is 1.00 bits per heavy atom. The SMILES string of the molecule is CC(=O)CCS(=O)(=O)CCS(C)(=O)=O. The average Bonchev–Trinajstić information content (AvgIpc) is 1.97. The van der Waals surface area contributed by atoms with E-state index in [2.05, 4.69) is 0 Å². The summed E-state index contributed by atoms with van der Waals surface area (Å²) in [6, 6.07) is 0. The zero-order chi connectivity index (χ0) is 11.4. The highest BCUT2D eigenvalue weighted by Crippen LogP contribution is 1.97. The Morgan fingerprint density at radius 2 is 1.50 bits per heavy atom. The predicted octanol–water partition coefficient (Wildman–Crippen LogP) is -0.575. The van der Waals surface area contributed by atoms with Crippen molar-refractivity contribution in [2.45, 2.75) is 13.3 Å². The maximum Gasteiger partial charge on any atom is 0.151 e. The van der Waals surface area contributed by atoms with Crippen LogP contribution in [0.25, 0.3) is 0 Å². The fourth-order valence-corrected chi connectivity index (χ4v) is 3.71. The van der Waals surface area contributed by atoms with Gasteiger partial charge in [0, 0.05) is 12.7 Å². The predicted molar refractivity (Wildman–Crippen MR) is 53.7 cm³/mol. The van der Waals surface area contributed by atoms with E-state index < -0.39 is 25.4 Å². The summed E-state index contributed by atoms with van der Waals surface area (Å²) in [5, 5.41) is 0. The number of sulfone groups is 2. The summed E-state index contributed by atoms with van der Waals surface area (Å²) in [4.78, 5) is 10.5. The first-order valence-electron chi connectivity index (χ1n) is 4.00. The van der Waals surface area contributed by atoms with Crippen LogP contribution in [0.2, 0.25) is 0 Å². The van der Waals surface area contributed by atoms with E-state index in [0.717, 1.165) is 6.26 Å². The topological polar surface area (TPSA) is 85.3 Å². The van der Waals surface area contributed by atoms with Gasteiger partial charge >= 0.3 is 0 Å². The quantitative estimate of drug-likeness (QED) is 0.622. The first kappa shape index (κ1) is 13.6. The van der Waals surface area contributed by atoms with Gasteiger partial charge in [0.25, 0.3) is 0 Å². The second-order valence-electron chi connectivity index (χ2n) is 3.23. The van der Waals surface area contributed by atoms with Gasteiger partial charge in [-0.15, -0.1) is 0 Å². The van der Waals surface area contributed by atoms with Crippen molar-refractivity contribution in [1.29, 1.82) is 0 Å². The lowest BCUT2D eigenvalue weighted by atomic mass is 10.4. The van der Waals surface area contributed by atoms with Crippen LogP contribution in [-0.4, -0.2) is 46.1 Å². The van der Waals surface area contributed by atoms with E-state index >= 15 is 0 Å². The van der Waals surface area contributed by atoms with E-state index in [9.17, 15) is 21.6 Å². The Balaban J connectivity index is 4.17. The molecule has 0 aliphatic heterocycles. The number of Topliss-reactive ketones (excluding diaryl/α,β-unsaturated/α-hetero) is 1. The largest absolute Gasteiger partial charge is 0.300 e. The van der Waals surface area contributed by atoms with Crippen molar-refractivity contribution in [1.82, 2.24) is 0 Å². The second kappa shape index (κ2) is 4.88. The van der Waals surface area contributed by atoms with Gasteiger partial charge in [-0.05, 0) is 6.92 Å². The summed E-state index contributed by atoms with van der Waals surface area (Å²) in [5.41, 5.74) is 0. The molecule has 0 atom stereocenters. The summed E-state index contributed by atoms with van der Waals surface area (Å²) in [5.74, 6) is -1.27. The molecule has 7 heteroatoms. The van der Waals surface area contributed by atoms with Crippen LogP contribution in [0.4, 0.5) is 0 Å². The third kappa shape index (κ3) is 8.18. The molecule has 0 amide bonds. The van der Waals surface area contributed by atoms with Gasteiger partial charge in [-0.25, -0.2) is 16.8 Å². The summed E-state index contributed by atoms with van der Waals surface area (Å²) in [6.45, 7) is 1.30. The third-order valence-corrected chi connectivity index (χ3v) is 4.39. The maximum absolute atomic E-state index is 11.2. The van der Waals surface area contributed by atoms with Gasteiger partial charge in [-0.1, -0.05) is 0 Å². The van der Waals surface area contributed by atoms with Crippen molar-refractivity contribution in [3.63, 3.8) is 0 Å². The van der Waals surface area contributed by atoms with E-state index in [1.54, 1.807) is 0 Å². The summed E-state index contributed by atoms with van der Waals surface area (Å²) in [6.07, 6.45) is 0.930. The Kier molecular flexibility index (Phi) is 4.73. The molecule has 5 nitrogen and oxygen atoms in total. The van der Waals surface area contributed by atoms with Gasteiger partial charge in [0.15, 0.2) is 9.84 Å². The normalized spacial score (nSPS) is 12.7. The van der Waals surface area contributed by atoms with Crippen LogP contribution in [-0.2, 0) is 24.5 Å². The van der Waals surface area contributed by atoms with Crippen molar-refractivity contribution in [3.05, 3.63) is 0 Å². The van der Waals surface area contributed by atoms with Gasteiger partial charge in [0.2, 0.25) is 0 Å². The average molecular weight is 242 g/mol. The Hall–Kier alpha value is -0.430. The summed E-state index contributed by atoms with van der Waals surface area (Å²) in [7, 11) is -6.67. The molecule has 0 heterocycles. The van der Waals surface area contributed by atoms with Crippen LogP contribution in [0.3, 0.4) is 0 Å². The standard InChI is InChI=1S/C7H14O5S2/c1-7(8)3-4-14(11,12)6-5-13(2,9)10/h3-6H2,1-2H3. The van der Waals surface area contributed by atoms with Crippen molar-refractivity contribution < 1.29 is 21.6 Å². The Labute approximate surface area is 84.3 Å². The highest BCUT2D eigenvalue weighted by molar-refractivity contribution is 7.94. The minimum atomic E-state index is -3.41. The molecule has 14 heavy (non-hydrogen) atoms. The fourth-order valence-electron chi connectivity index (χ4n) is 0.680. The molecule has 0 saturated heterocycles. The smallest absolute Gasteiger partial charge is 0.151 e. The van der Waals surface area contributed by atoms with Crippen molar-refractivity contribution in [3.8, 4) is 0 Å². The molecular weight excluding hydrogens is 228 g/mol. The van der Waals surface area contributed by atoms with Gasteiger partial charge < -0.3 is 0 Å². The van der Waals surface area contributed by atoms with Gasteiger partial charge in [-0.2, -0.15) is 0 Å². The zero-order valence-electron chi connectivity index (χ0n) is 8.19. The molecule has 0 N–H and O–H groups in total. The summed E-state index contributed by atoms with van der Waals surface area (Å²) >= 11 is 0. The van der Waals surface area contributed by atoms with Crippen molar-refractivity contribution in [2.75, 3.05) is 23.5 Å². The molecule has 0 aromatic carbocycles. The molecule has 0 aliphatic rings. The molecule has 0 radical (unpaired) electrons. The fraction of sp³-hybridized carbons (Fsp3) is 0.857. The molecule has 0 saturated carbocycles. The second-order valence-corrected chi connectivity index (χ2v) is 7.80. The number of carbonyl (C=O) groups is 1. The first-order valence-corrected chi connectivity index (χ1v) is 7.88. The van der Waals surface area contributed by atoms with Crippen molar-refractivity contribution >= 4 is 25.5 Å². The van der Waals surface area contributed by atoms with E-state index in [1.807, 2.05) is 0 Å². The van der Waals surface area contributed by atoms with Crippen LogP contribution in [0.5, 0.6) is 0 Å². The number of carbonyl (C=O) groups excluding carboxylic acids is 1. The number of hydrogen-bond donors (Lipinski definition) is 0. The molecule has 0 fully saturated rings. The molecule has 0 unspecified atom stereocenters. The van der Waals surface area contributed by atoms with Crippen LogP contribution in [0.1, 0.15) is 13.3 Å². The van der Waals surface area contributed by atoms with Gasteiger partial charge in [0.1, 0.15) is 15.6 Å². The minimum absolute atomic E-state index is 0.0495. The van der Waals surface area contributed by atoms with Crippen LogP contribution < -0.4 is 0 Å². The highest BCUT2D eigenvalue weighted by atomic mass is 32.2. The van der Waals surface area contributed by atoms with Crippen LogP contribution >= 0.6 is 0 Å². The highest BCUT2D eigenvalue weighted by Gasteiger charge is 2.15. The molecule has 0 aliphatic carbocycles. The monoisotopic (exact) mass is 242 g/mol. The molecular formula is C7H14O5S2. The third-order valence-electron chi connectivity index (χ3n) is 1.53. The molecule has 0 aromatic rings. The maximum atomic E-state index is 11.2. The molecule has 0 rings (SSSR count). The number of ketones is 1. The van der Waals surface area contributed by atoms with Crippen LogP contribution in [0, 0.1) is 0 Å². The molecule has 84 valence electrons. The zero-order valence-corrected chi connectivity index (χ0v) is 9.82. The van der Waals surface area contributed by atoms with E-state index in [1.165, 1.54) is 6.92 Å². The number of rotatable bonds is 6. The van der Waals surface area contributed by atoms with Crippen LogP contribution in [0.15, 0.2) is 0 Å². The first-order chi connectivity index (χ1) is 6.12. The van der Waals surface area contributed by atoms with E-state index in [-0.39, 0.29) is 23.7 Å². The lowest BCUT2D eigenvalue weighted by Crippen LogP contribution is -2.19. The Bertz CT molecular complexity index is 390. The molecule has 0 aromatic heterocycles. The molecule has 0 spiro atoms. The Morgan fingerprint density at radius 3 is 1.86 bits per heavy atom.